The SMILES string of the molecule is CCNc1cc(NC2CCC(C)C2)nc(C(C)(C)C)n1. The first-order valence-electron chi connectivity index (χ1n) is 7.78. The van der Waals surface area contributed by atoms with Crippen LogP contribution in [-0.2, 0) is 5.41 Å². The molecule has 0 radical (unpaired) electrons. The minimum Gasteiger partial charge on any atom is -0.370 e. The number of nitrogens with zero attached hydrogens (tertiary/aromatic N) is 2. The summed E-state index contributed by atoms with van der Waals surface area (Å²) in [7, 11) is 0. The van der Waals surface area contributed by atoms with Gasteiger partial charge in [0.15, 0.2) is 0 Å². The second kappa shape index (κ2) is 5.98. The molecule has 2 atom stereocenters. The molecule has 4 heteroatoms. The maximum atomic E-state index is 4.71. The van der Waals surface area contributed by atoms with E-state index in [4.69, 9.17) is 4.98 Å². The summed E-state index contributed by atoms with van der Waals surface area (Å²) in [6.45, 7) is 11.7. The fourth-order valence-corrected chi connectivity index (χ4v) is 2.68. The second-order valence-corrected chi connectivity index (χ2v) is 7.00. The first-order chi connectivity index (χ1) is 9.38. The van der Waals surface area contributed by atoms with Crippen LogP contribution in [-0.4, -0.2) is 22.6 Å². The highest BCUT2D eigenvalue weighted by molar-refractivity contribution is 5.48. The van der Waals surface area contributed by atoms with Crippen LogP contribution in [0.25, 0.3) is 0 Å². The normalized spacial score (nSPS) is 22.9. The summed E-state index contributed by atoms with van der Waals surface area (Å²) in [6, 6.07) is 2.59. The van der Waals surface area contributed by atoms with Crippen LogP contribution in [0.3, 0.4) is 0 Å². The Morgan fingerprint density at radius 3 is 2.45 bits per heavy atom. The zero-order chi connectivity index (χ0) is 14.8. The molecule has 1 aliphatic rings. The van der Waals surface area contributed by atoms with Gasteiger partial charge in [-0.3, -0.25) is 0 Å². The molecule has 2 unspecified atom stereocenters. The summed E-state index contributed by atoms with van der Waals surface area (Å²) in [5.41, 5.74) is -0.0369. The van der Waals surface area contributed by atoms with E-state index in [-0.39, 0.29) is 5.41 Å². The van der Waals surface area contributed by atoms with E-state index in [1.54, 1.807) is 0 Å². The van der Waals surface area contributed by atoms with Crippen molar-refractivity contribution >= 4 is 11.6 Å². The van der Waals surface area contributed by atoms with Gasteiger partial charge in [0.05, 0.1) is 0 Å². The number of nitrogens with one attached hydrogen (secondary N) is 2. The van der Waals surface area contributed by atoms with Gasteiger partial charge in [-0.15, -0.1) is 0 Å². The van der Waals surface area contributed by atoms with Gasteiger partial charge in [-0.25, -0.2) is 9.97 Å². The third-order valence-corrected chi connectivity index (χ3v) is 3.80. The highest BCUT2D eigenvalue weighted by Crippen LogP contribution is 2.28. The highest BCUT2D eigenvalue weighted by Gasteiger charge is 2.23. The largest absolute Gasteiger partial charge is 0.370 e. The summed E-state index contributed by atoms with van der Waals surface area (Å²) in [5, 5.41) is 6.89. The molecular formula is C16H28N4. The van der Waals surface area contributed by atoms with E-state index >= 15 is 0 Å². The minimum absolute atomic E-state index is 0.0369. The molecule has 0 spiro atoms. The average molecular weight is 276 g/mol. The molecule has 0 aliphatic heterocycles. The fraction of sp³-hybridized carbons (Fsp3) is 0.750. The van der Waals surface area contributed by atoms with Gasteiger partial charge in [0.25, 0.3) is 0 Å². The van der Waals surface area contributed by atoms with Crippen molar-refractivity contribution in [2.24, 2.45) is 5.92 Å². The van der Waals surface area contributed by atoms with Gasteiger partial charge >= 0.3 is 0 Å². The molecule has 1 saturated carbocycles. The third kappa shape index (κ3) is 3.84. The topological polar surface area (TPSA) is 49.8 Å². The van der Waals surface area contributed by atoms with E-state index in [1.165, 1.54) is 19.3 Å². The van der Waals surface area contributed by atoms with Crippen molar-refractivity contribution in [1.29, 1.82) is 0 Å². The van der Waals surface area contributed by atoms with Gasteiger partial charge in [0.2, 0.25) is 0 Å². The Kier molecular flexibility index (Phi) is 4.51. The number of rotatable bonds is 4. The lowest BCUT2D eigenvalue weighted by atomic mass is 9.96. The Balaban J connectivity index is 2.20. The van der Waals surface area contributed by atoms with Crippen molar-refractivity contribution in [3.8, 4) is 0 Å². The number of anilines is 2. The van der Waals surface area contributed by atoms with Crippen molar-refractivity contribution in [2.75, 3.05) is 17.2 Å². The minimum atomic E-state index is -0.0369. The molecule has 112 valence electrons. The van der Waals surface area contributed by atoms with Crippen LogP contribution >= 0.6 is 0 Å². The average Bonchev–Trinajstić information content (AvgIpc) is 2.74. The summed E-state index contributed by atoms with van der Waals surface area (Å²) in [6.07, 6.45) is 3.80. The Morgan fingerprint density at radius 1 is 1.20 bits per heavy atom. The van der Waals surface area contributed by atoms with E-state index in [0.717, 1.165) is 29.9 Å². The van der Waals surface area contributed by atoms with Gasteiger partial charge in [-0.05, 0) is 32.1 Å². The predicted molar refractivity (Wildman–Crippen MR) is 85.3 cm³/mol. The monoisotopic (exact) mass is 276 g/mol. The number of hydrogen-bond acceptors (Lipinski definition) is 4. The first-order valence-corrected chi connectivity index (χ1v) is 7.78. The molecule has 20 heavy (non-hydrogen) atoms. The molecule has 1 aliphatic carbocycles. The molecule has 0 aromatic carbocycles. The molecule has 1 aromatic rings. The van der Waals surface area contributed by atoms with Crippen LogP contribution in [0.15, 0.2) is 6.07 Å². The first kappa shape index (κ1) is 15.1. The van der Waals surface area contributed by atoms with E-state index in [1.807, 2.05) is 6.07 Å². The molecule has 2 rings (SSSR count). The van der Waals surface area contributed by atoms with Crippen LogP contribution in [0.1, 0.15) is 59.7 Å². The number of hydrogen-bond donors (Lipinski definition) is 2. The maximum Gasteiger partial charge on any atom is 0.138 e. The van der Waals surface area contributed by atoms with Crippen molar-refractivity contribution in [3.05, 3.63) is 11.9 Å². The smallest absolute Gasteiger partial charge is 0.138 e. The molecular weight excluding hydrogens is 248 g/mol. The second-order valence-electron chi connectivity index (χ2n) is 7.00. The highest BCUT2D eigenvalue weighted by atomic mass is 15.1. The van der Waals surface area contributed by atoms with Crippen molar-refractivity contribution < 1.29 is 0 Å². The van der Waals surface area contributed by atoms with Gasteiger partial charge in [-0.2, -0.15) is 0 Å². The van der Waals surface area contributed by atoms with Crippen LogP contribution < -0.4 is 10.6 Å². The third-order valence-electron chi connectivity index (χ3n) is 3.80. The van der Waals surface area contributed by atoms with Crippen molar-refractivity contribution in [3.63, 3.8) is 0 Å². The van der Waals surface area contributed by atoms with Gasteiger partial charge in [-0.1, -0.05) is 27.7 Å². The van der Waals surface area contributed by atoms with Gasteiger partial charge in [0.1, 0.15) is 17.5 Å². The Labute approximate surface area is 122 Å². The molecule has 0 bridgehead atoms. The number of aromatic nitrogens is 2. The van der Waals surface area contributed by atoms with Crippen LogP contribution in [0.2, 0.25) is 0 Å². The standard InChI is InChI=1S/C16H28N4/c1-6-17-13-10-14(18-12-8-7-11(2)9-12)20-15(19-13)16(3,4)5/h10-12H,6-9H2,1-5H3,(H2,17,18,19,20). The summed E-state index contributed by atoms with van der Waals surface area (Å²) in [4.78, 5) is 9.33. The van der Waals surface area contributed by atoms with Crippen LogP contribution in [0.4, 0.5) is 11.6 Å². The quantitative estimate of drug-likeness (QED) is 0.878. The molecule has 0 amide bonds. The predicted octanol–water partition coefficient (Wildman–Crippen LogP) is 3.81. The summed E-state index contributed by atoms with van der Waals surface area (Å²) < 4.78 is 0. The molecule has 2 N–H and O–H groups in total. The zero-order valence-corrected chi connectivity index (χ0v) is 13.5. The Bertz CT molecular complexity index is 450. The van der Waals surface area contributed by atoms with Gasteiger partial charge in [0, 0.05) is 24.1 Å². The van der Waals surface area contributed by atoms with Crippen molar-refractivity contribution in [2.45, 2.75) is 65.3 Å². The maximum absolute atomic E-state index is 4.71. The molecule has 0 saturated heterocycles. The lowest BCUT2D eigenvalue weighted by Crippen LogP contribution is -2.21. The van der Waals surface area contributed by atoms with E-state index in [9.17, 15) is 0 Å². The molecule has 1 aromatic heterocycles. The Morgan fingerprint density at radius 2 is 1.90 bits per heavy atom. The lowest BCUT2D eigenvalue weighted by molar-refractivity contribution is 0.545. The lowest BCUT2D eigenvalue weighted by Gasteiger charge is -2.20. The van der Waals surface area contributed by atoms with E-state index in [0.29, 0.717) is 6.04 Å². The van der Waals surface area contributed by atoms with E-state index in [2.05, 4.69) is 50.2 Å². The summed E-state index contributed by atoms with van der Waals surface area (Å²) >= 11 is 0. The van der Waals surface area contributed by atoms with Crippen molar-refractivity contribution in [1.82, 2.24) is 9.97 Å². The summed E-state index contributed by atoms with van der Waals surface area (Å²) in [5.74, 6) is 3.59. The van der Waals surface area contributed by atoms with Crippen LogP contribution in [0, 0.1) is 5.92 Å². The zero-order valence-electron chi connectivity index (χ0n) is 13.5. The fourth-order valence-electron chi connectivity index (χ4n) is 2.68. The molecule has 1 fully saturated rings. The molecule has 1 heterocycles. The van der Waals surface area contributed by atoms with E-state index < -0.39 is 0 Å². The van der Waals surface area contributed by atoms with Crippen LogP contribution in [0.5, 0.6) is 0 Å². The Hall–Kier alpha value is -1.32. The van der Waals surface area contributed by atoms with Gasteiger partial charge < -0.3 is 10.6 Å². The molecule has 4 nitrogen and oxygen atoms in total.